The van der Waals surface area contributed by atoms with Gasteiger partial charge in [0.25, 0.3) is 5.91 Å². The maximum Gasteiger partial charge on any atom is 0.257 e. The summed E-state index contributed by atoms with van der Waals surface area (Å²) in [5, 5.41) is 4.23. The van der Waals surface area contributed by atoms with Crippen molar-refractivity contribution < 1.29 is 9.53 Å². The minimum Gasteiger partial charge on any atom is -0.368 e. The van der Waals surface area contributed by atoms with E-state index in [9.17, 15) is 4.79 Å². The molecule has 3 heterocycles. The van der Waals surface area contributed by atoms with E-state index < -0.39 is 0 Å². The Bertz CT molecular complexity index is 665. The molecule has 1 amide bonds. The second kappa shape index (κ2) is 6.91. The van der Waals surface area contributed by atoms with Crippen molar-refractivity contribution in [2.75, 3.05) is 19.7 Å². The monoisotopic (exact) mass is 314 g/mol. The van der Waals surface area contributed by atoms with Crippen molar-refractivity contribution >= 4 is 5.91 Å². The molecule has 3 rings (SSSR count). The van der Waals surface area contributed by atoms with Crippen molar-refractivity contribution in [2.24, 2.45) is 0 Å². The largest absolute Gasteiger partial charge is 0.368 e. The Morgan fingerprint density at radius 1 is 1.39 bits per heavy atom. The van der Waals surface area contributed by atoms with Gasteiger partial charge in [-0.3, -0.25) is 14.5 Å². The number of rotatable bonds is 4. The van der Waals surface area contributed by atoms with Crippen LogP contribution in [0.1, 0.15) is 41.1 Å². The molecular weight excluding hydrogens is 292 g/mol. The van der Waals surface area contributed by atoms with E-state index in [0.29, 0.717) is 25.3 Å². The predicted molar refractivity (Wildman–Crippen MR) is 86.1 cm³/mol. The number of nitrogens with zero attached hydrogens (tertiary/aromatic N) is 4. The van der Waals surface area contributed by atoms with Gasteiger partial charge >= 0.3 is 0 Å². The van der Waals surface area contributed by atoms with Crippen LogP contribution in [0.3, 0.4) is 0 Å². The zero-order chi connectivity index (χ0) is 16.2. The molecule has 0 spiro atoms. The van der Waals surface area contributed by atoms with Gasteiger partial charge in [0.05, 0.1) is 30.6 Å². The van der Waals surface area contributed by atoms with Gasteiger partial charge in [-0.15, -0.1) is 0 Å². The third-order valence-electron chi connectivity index (χ3n) is 3.95. The van der Waals surface area contributed by atoms with Crippen LogP contribution >= 0.6 is 0 Å². The summed E-state index contributed by atoms with van der Waals surface area (Å²) in [6.07, 6.45) is 6.12. The molecule has 1 fully saturated rings. The first-order valence-corrected chi connectivity index (χ1v) is 8.03. The maximum absolute atomic E-state index is 12.6. The van der Waals surface area contributed by atoms with Crippen molar-refractivity contribution in [2.45, 2.75) is 32.9 Å². The molecule has 1 saturated heterocycles. The van der Waals surface area contributed by atoms with E-state index in [-0.39, 0.29) is 12.0 Å². The molecule has 1 aliphatic rings. The highest BCUT2D eigenvalue weighted by atomic mass is 16.5. The number of carbonyl (C=O) groups is 1. The van der Waals surface area contributed by atoms with Crippen LogP contribution in [0, 0.1) is 6.92 Å². The molecule has 122 valence electrons. The Morgan fingerprint density at radius 2 is 2.26 bits per heavy atom. The molecule has 2 aromatic rings. The summed E-state index contributed by atoms with van der Waals surface area (Å²) in [7, 11) is 0. The van der Waals surface area contributed by atoms with Crippen LogP contribution in [0.5, 0.6) is 0 Å². The number of morpholine rings is 1. The van der Waals surface area contributed by atoms with Crippen molar-refractivity contribution in [3.05, 3.63) is 47.5 Å². The van der Waals surface area contributed by atoms with Crippen LogP contribution in [0.4, 0.5) is 0 Å². The van der Waals surface area contributed by atoms with Gasteiger partial charge in [0.2, 0.25) is 0 Å². The van der Waals surface area contributed by atoms with Gasteiger partial charge in [0.1, 0.15) is 6.10 Å². The first-order chi connectivity index (χ1) is 11.2. The highest BCUT2D eigenvalue weighted by Crippen LogP contribution is 2.22. The molecule has 1 atom stereocenters. The zero-order valence-electron chi connectivity index (χ0n) is 13.6. The van der Waals surface area contributed by atoms with Crippen LogP contribution < -0.4 is 0 Å². The quantitative estimate of drug-likeness (QED) is 0.868. The van der Waals surface area contributed by atoms with Gasteiger partial charge in [0, 0.05) is 25.5 Å². The van der Waals surface area contributed by atoms with E-state index >= 15 is 0 Å². The number of aryl methyl sites for hydroxylation is 2. The molecule has 0 aliphatic carbocycles. The van der Waals surface area contributed by atoms with Gasteiger partial charge in [-0.1, -0.05) is 13.0 Å². The lowest BCUT2D eigenvalue weighted by Crippen LogP contribution is -2.42. The third kappa shape index (κ3) is 3.59. The molecule has 0 bridgehead atoms. The number of hydrogen-bond donors (Lipinski definition) is 0. The van der Waals surface area contributed by atoms with Gasteiger partial charge < -0.3 is 9.64 Å². The molecule has 0 radical (unpaired) electrons. The topological polar surface area (TPSA) is 60.2 Å². The molecule has 0 saturated carbocycles. The minimum absolute atomic E-state index is 0.00719. The summed E-state index contributed by atoms with van der Waals surface area (Å²) in [4.78, 5) is 18.9. The lowest BCUT2D eigenvalue weighted by molar-refractivity contribution is -0.0247. The normalized spacial score (nSPS) is 18.2. The molecule has 6 heteroatoms. The maximum atomic E-state index is 12.6. The van der Waals surface area contributed by atoms with Crippen molar-refractivity contribution in [1.29, 1.82) is 0 Å². The summed E-state index contributed by atoms with van der Waals surface area (Å²) in [5.41, 5.74) is 2.62. The Hall–Kier alpha value is -2.21. The van der Waals surface area contributed by atoms with Crippen LogP contribution in [0.15, 0.2) is 30.7 Å². The van der Waals surface area contributed by atoms with E-state index in [2.05, 4.69) is 17.0 Å². The summed E-state index contributed by atoms with van der Waals surface area (Å²) in [6, 6.07) is 3.98. The highest BCUT2D eigenvalue weighted by Gasteiger charge is 2.27. The molecule has 0 unspecified atom stereocenters. The Balaban J connectivity index is 1.69. The zero-order valence-corrected chi connectivity index (χ0v) is 13.6. The van der Waals surface area contributed by atoms with Gasteiger partial charge in [-0.25, -0.2) is 0 Å². The Kier molecular flexibility index (Phi) is 4.71. The molecule has 1 aliphatic heterocycles. The van der Waals surface area contributed by atoms with Crippen LogP contribution in [0.25, 0.3) is 0 Å². The van der Waals surface area contributed by atoms with Gasteiger partial charge in [-0.05, 0) is 25.0 Å². The number of aromatic nitrogens is 3. The summed E-state index contributed by atoms with van der Waals surface area (Å²) in [5.74, 6) is 0.00719. The number of carbonyl (C=O) groups excluding carboxylic acids is 1. The fourth-order valence-corrected chi connectivity index (χ4v) is 2.69. The predicted octanol–water partition coefficient (Wildman–Crippen LogP) is 2.21. The molecular formula is C17H22N4O2. The van der Waals surface area contributed by atoms with E-state index in [0.717, 1.165) is 24.2 Å². The second-order valence-electron chi connectivity index (χ2n) is 5.86. The fourth-order valence-electron chi connectivity index (χ4n) is 2.69. The van der Waals surface area contributed by atoms with Crippen molar-refractivity contribution in [3.8, 4) is 0 Å². The fraction of sp³-hybridized carbons (Fsp3) is 0.471. The lowest BCUT2D eigenvalue weighted by Gasteiger charge is -2.32. The highest BCUT2D eigenvalue weighted by molar-refractivity contribution is 5.93. The Labute approximate surface area is 136 Å². The average molecular weight is 314 g/mol. The standard InChI is InChI=1S/C17H22N4O2/c1-3-6-21-11-14(10-19-21)17(22)20-7-8-23-16(12-20)15-5-4-13(2)9-18-15/h4-5,9-11,16H,3,6-8,12H2,1-2H3/t16-/m1/s1. The molecule has 23 heavy (non-hydrogen) atoms. The molecule has 6 nitrogen and oxygen atoms in total. The third-order valence-corrected chi connectivity index (χ3v) is 3.95. The van der Waals surface area contributed by atoms with Crippen LogP contribution in [-0.4, -0.2) is 45.3 Å². The van der Waals surface area contributed by atoms with E-state index in [1.807, 2.05) is 41.0 Å². The van der Waals surface area contributed by atoms with Gasteiger partial charge in [-0.2, -0.15) is 5.10 Å². The smallest absolute Gasteiger partial charge is 0.257 e. The van der Waals surface area contributed by atoms with Crippen LogP contribution in [-0.2, 0) is 11.3 Å². The summed E-state index contributed by atoms with van der Waals surface area (Å²) >= 11 is 0. The minimum atomic E-state index is -0.168. The average Bonchev–Trinajstić information content (AvgIpc) is 3.04. The van der Waals surface area contributed by atoms with E-state index in [4.69, 9.17) is 4.74 Å². The van der Waals surface area contributed by atoms with E-state index in [1.54, 1.807) is 6.20 Å². The van der Waals surface area contributed by atoms with Gasteiger partial charge in [0.15, 0.2) is 0 Å². The number of hydrogen-bond acceptors (Lipinski definition) is 4. The van der Waals surface area contributed by atoms with Crippen molar-refractivity contribution in [3.63, 3.8) is 0 Å². The summed E-state index contributed by atoms with van der Waals surface area (Å²) < 4.78 is 7.60. The van der Waals surface area contributed by atoms with Crippen LogP contribution in [0.2, 0.25) is 0 Å². The first-order valence-electron chi connectivity index (χ1n) is 8.03. The SMILES string of the molecule is CCCn1cc(C(=O)N2CCO[C@@H](c3ccc(C)cn3)C2)cn1. The number of pyridine rings is 1. The summed E-state index contributed by atoms with van der Waals surface area (Å²) in [6.45, 7) is 6.56. The Morgan fingerprint density at radius 3 is 3.00 bits per heavy atom. The van der Waals surface area contributed by atoms with Crippen molar-refractivity contribution in [1.82, 2.24) is 19.7 Å². The molecule has 0 aromatic carbocycles. The molecule has 2 aromatic heterocycles. The number of ether oxygens (including phenoxy) is 1. The second-order valence-corrected chi connectivity index (χ2v) is 5.86. The first kappa shape index (κ1) is 15.7. The number of amides is 1. The van der Waals surface area contributed by atoms with E-state index in [1.165, 1.54) is 0 Å². The molecule has 0 N–H and O–H groups in total. The lowest BCUT2D eigenvalue weighted by atomic mass is 10.1.